The lowest BCUT2D eigenvalue weighted by molar-refractivity contribution is 0.0463. The number of hydrogen-bond acceptors (Lipinski definition) is 9. The molecule has 0 saturated carbocycles. The number of fused-ring (bicyclic) bond motifs is 1. The monoisotopic (exact) mass is 626 g/mol. The van der Waals surface area contributed by atoms with Crippen LogP contribution in [0.5, 0.6) is 0 Å². The maximum atomic E-state index is 12.9. The Morgan fingerprint density at radius 2 is 1.59 bits per heavy atom. The number of aliphatic hydroxyl groups is 1. The Kier molecular flexibility index (Phi) is 13.1. The van der Waals surface area contributed by atoms with Gasteiger partial charge in [-0.15, -0.1) is 0 Å². The van der Waals surface area contributed by atoms with E-state index in [1.165, 1.54) is 18.0 Å². The van der Waals surface area contributed by atoms with E-state index in [4.69, 9.17) is 4.74 Å². The van der Waals surface area contributed by atoms with Gasteiger partial charge < -0.3 is 14.7 Å². The molecule has 46 heavy (non-hydrogen) atoms. The number of rotatable bonds is 13. The van der Waals surface area contributed by atoms with Crippen molar-refractivity contribution in [2.24, 2.45) is 10.2 Å². The number of anilines is 1. The van der Waals surface area contributed by atoms with Gasteiger partial charge in [-0.1, -0.05) is 62.9 Å². The summed E-state index contributed by atoms with van der Waals surface area (Å²) in [4.78, 5) is 53.8. The summed E-state index contributed by atoms with van der Waals surface area (Å²) in [6, 6.07) is 19.3. The van der Waals surface area contributed by atoms with E-state index in [-0.39, 0.29) is 53.3 Å². The predicted molar refractivity (Wildman–Crippen MR) is 177 cm³/mol. The van der Waals surface area contributed by atoms with Gasteiger partial charge in [0, 0.05) is 37.4 Å². The lowest BCUT2D eigenvalue weighted by atomic mass is 10.0. The molecule has 0 atom stereocenters. The number of carbonyl (C=O) groups excluding carboxylic acids is 4. The Labute approximate surface area is 270 Å². The van der Waals surface area contributed by atoms with E-state index in [0.29, 0.717) is 24.0 Å². The zero-order valence-electron chi connectivity index (χ0n) is 27.2. The van der Waals surface area contributed by atoms with Crippen LogP contribution < -0.4 is 4.90 Å². The topological polar surface area (TPSA) is 129 Å². The van der Waals surface area contributed by atoms with Gasteiger partial charge in [-0.25, -0.2) is 4.79 Å². The molecule has 1 heterocycles. The summed E-state index contributed by atoms with van der Waals surface area (Å²) in [5.74, 6) is -1.66. The third kappa shape index (κ3) is 8.00. The molecule has 1 aliphatic rings. The summed E-state index contributed by atoms with van der Waals surface area (Å²) >= 11 is 0. The third-order valence-corrected chi connectivity index (χ3v) is 7.81. The normalized spacial score (nSPS) is 12.2. The number of ether oxygens (including phenoxy) is 1. The quantitative estimate of drug-likeness (QED) is 0.0741. The van der Waals surface area contributed by atoms with E-state index >= 15 is 0 Å². The SMILES string of the molecule is C=C(N=NC)C(=O)c1cc(N(CC)CC)ccc1CO.CCC(CC)N1C(=O)c2cccc(C(=O)OCc3ccccc3)c2C1=O. The molecule has 0 aromatic heterocycles. The number of allylic oxidation sites excluding steroid dienone is 1. The van der Waals surface area contributed by atoms with E-state index in [0.717, 1.165) is 24.3 Å². The lowest BCUT2D eigenvalue weighted by Crippen LogP contribution is -2.39. The number of imide groups is 1. The number of carbonyl (C=O) groups is 4. The number of aliphatic hydroxyl groups excluding tert-OH is 1. The van der Waals surface area contributed by atoms with E-state index < -0.39 is 11.9 Å². The summed E-state index contributed by atoms with van der Waals surface area (Å²) in [7, 11) is 1.48. The zero-order valence-corrected chi connectivity index (χ0v) is 27.2. The van der Waals surface area contributed by atoms with Crippen LogP contribution in [0, 0.1) is 0 Å². The Morgan fingerprint density at radius 3 is 2.17 bits per heavy atom. The molecule has 3 aromatic rings. The minimum absolute atomic E-state index is 0.0684. The highest BCUT2D eigenvalue weighted by Crippen LogP contribution is 2.30. The van der Waals surface area contributed by atoms with Crippen molar-refractivity contribution in [2.75, 3.05) is 25.0 Å². The summed E-state index contributed by atoms with van der Waals surface area (Å²) in [5.41, 5.74) is 3.43. The van der Waals surface area contributed by atoms with Crippen molar-refractivity contribution in [1.82, 2.24) is 4.90 Å². The minimum atomic E-state index is -0.599. The van der Waals surface area contributed by atoms with Gasteiger partial charge in [0.2, 0.25) is 5.78 Å². The number of hydrogen-bond donors (Lipinski definition) is 1. The standard InChI is InChI=1S/C21H21NO4.C15H21N3O2/c1-3-15(4-2)22-19(23)16-11-8-12-17(18(16)20(22)24)21(25)26-13-14-9-6-5-7-10-14;1-5-18(6-2)13-8-7-12(10-19)14(9-13)15(20)11(3)17-16-4/h5-12,15H,3-4,13H2,1-2H3;7-9,19H,3,5-6,10H2,1-2,4H3. The Hall–Kier alpha value is -4.96. The van der Waals surface area contributed by atoms with Crippen molar-refractivity contribution in [3.63, 3.8) is 0 Å². The summed E-state index contributed by atoms with van der Waals surface area (Å²) in [5, 5.41) is 16.6. The van der Waals surface area contributed by atoms with Gasteiger partial charge in [-0.3, -0.25) is 19.3 Å². The minimum Gasteiger partial charge on any atom is -0.457 e. The molecule has 10 heteroatoms. The molecular formula is C36H42N4O6. The smallest absolute Gasteiger partial charge is 0.339 e. The van der Waals surface area contributed by atoms with Crippen LogP contribution in [0.4, 0.5) is 5.69 Å². The zero-order chi connectivity index (χ0) is 33.8. The van der Waals surface area contributed by atoms with E-state index in [1.807, 2.05) is 50.2 Å². The highest BCUT2D eigenvalue weighted by molar-refractivity contribution is 6.24. The molecule has 1 N–H and O–H groups in total. The van der Waals surface area contributed by atoms with Crippen LogP contribution in [-0.4, -0.2) is 59.8 Å². The number of Topliss-reactive ketones (excluding diaryl/α,β-unsaturated/α-hetero) is 1. The maximum Gasteiger partial charge on any atom is 0.339 e. The fraction of sp³-hybridized carbons (Fsp3) is 0.333. The van der Waals surface area contributed by atoms with E-state index in [9.17, 15) is 24.3 Å². The number of benzene rings is 3. The second kappa shape index (κ2) is 16.9. The van der Waals surface area contributed by atoms with Gasteiger partial charge in [0.05, 0.1) is 23.3 Å². The highest BCUT2D eigenvalue weighted by Gasteiger charge is 2.41. The molecule has 0 spiro atoms. The number of esters is 1. The van der Waals surface area contributed by atoms with Gasteiger partial charge in [-0.2, -0.15) is 10.2 Å². The van der Waals surface area contributed by atoms with Gasteiger partial charge in [-0.05, 0) is 62.1 Å². The van der Waals surface area contributed by atoms with Gasteiger partial charge >= 0.3 is 5.97 Å². The van der Waals surface area contributed by atoms with Crippen molar-refractivity contribution in [1.29, 1.82) is 0 Å². The Balaban J connectivity index is 0.000000260. The summed E-state index contributed by atoms with van der Waals surface area (Å²) in [6.07, 6.45) is 1.35. The lowest BCUT2D eigenvalue weighted by Gasteiger charge is -2.23. The Bertz CT molecular complexity index is 1590. The molecule has 0 aliphatic carbocycles. The molecule has 0 saturated heterocycles. The summed E-state index contributed by atoms with van der Waals surface area (Å²) in [6.45, 7) is 13.2. The largest absolute Gasteiger partial charge is 0.457 e. The number of ketones is 1. The second-order valence-electron chi connectivity index (χ2n) is 10.5. The molecular weight excluding hydrogens is 584 g/mol. The van der Waals surface area contributed by atoms with Crippen LogP contribution in [0.3, 0.4) is 0 Å². The van der Waals surface area contributed by atoms with Crippen molar-refractivity contribution in [3.8, 4) is 0 Å². The first kappa shape index (κ1) is 35.5. The average Bonchev–Trinajstić information content (AvgIpc) is 3.34. The maximum absolute atomic E-state index is 12.9. The molecule has 4 rings (SSSR count). The molecule has 0 fully saturated rings. The van der Waals surface area contributed by atoms with Crippen LogP contribution in [0.25, 0.3) is 0 Å². The fourth-order valence-electron chi connectivity index (χ4n) is 5.28. The van der Waals surface area contributed by atoms with Crippen LogP contribution in [0.15, 0.2) is 89.2 Å². The Morgan fingerprint density at radius 1 is 0.913 bits per heavy atom. The first-order chi connectivity index (χ1) is 22.2. The van der Waals surface area contributed by atoms with E-state index in [2.05, 4.69) is 35.6 Å². The number of amides is 2. The van der Waals surface area contributed by atoms with E-state index in [1.54, 1.807) is 24.3 Å². The predicted octanol–water partition coefficient (Wildman–Crippen LogP) is 6.63. The molecule has 2 amide bonds. The first-order valence-electron chi connectivity index (χ1n) is 15.4. The number of azo groups is 1. The van der Waals surface area contributed by atoms with Gasteiger partial charge in [0.1, 0.15) is 12.3 Å². The molecule has 0 bridgehead atoms. The second-order valence-corrected chi connectivity index (χ2v) is 10.5. The highest BCUT2D eigenvalue weighted by atomic mass is 16.5. The van der Waals surface area contributed by atoms with Crippen molar-refractivity contribution in [2.45, 2.75) is 59.8 Å². The van der Waals surface area contributed by atoms with Crippen molar-refractivity contribution >= 4 is 29.3 Å². The van der Waals surface area contributed by atoms with Crippen molar-refractivity contribution in [3.05, 3.63) is 112 Å². The average molecular weight is 627 g/mol. The third-order valence-electron chi connectivity index (χ3n) is 7.81. The fourth-order valence-corrected chi connectivity index (χ4v) is 5.28. The van der Waals surface area contributed by atoms with Crippen molar-refractivity contribution < 1.29 is 29.0 Å². The first-order valence-corrected chi connectivity index (χ1v) is 15.4. The molecule has 0 radical (unpaired) electrons. The van der Waals surface area contributed by atoms with Gasteiger partial charge in [0.25, 0.3) is 11.8 Å². The van der Waals surface area contributed by atoms with Gasteiger partial charge in [0.15, 0.2) is 0 Å². The molecule has 3 aromatic carbocycles. The van der Waals surface area contributed by atoms with Crippen LogP contribution >= 0.6 is 0 Å². The molecule has 0 unspecified atom stereocenters. The number of nitrogens with zero attached hydrogens (tertiary/aromatic N) is 4. The van der Waals surface area contributed by atoms with Crippen LogP contribution in [0.1, 0.15) is 93.1 Å². The molecule has 242 valence electrons. The molecule has 1 aliphatic heterocycles. The summed E-state index contributed by atoms with van der Waals surface area (Å²) < 4.78 is 5.35. The van der Waals surface area contributed by atoms with Crippen LogP contribution in [-0.2, 0) is 18.0 Å². The molecule has 10 nitrogen and oxygen atoms in total. The van der Waals surface area contributed by atoms with Crippen LogP contribution in [0.2, 0.25) is 0 Å².